The number of Topliss-reactive ketones (excluding diaryl/α,β-unsaturated/α-hetero) is 1. The lowest BCUT2D eigenvalue weighted by Crippen LogP contribution is -2.46. The van der Waals surface area contributed by atoms with Gasteiger partial charge in [-0.25, -0.2) is 0 Å². The molecule has 0 aromatic carbocycles. The summed E-state index contributed by atoms with van der Waals surface area (Å²) in [7, 11) is -0.624. The third-order valence-electron chi connectivity index (χ3n) is 5.04. The molecule has 4 nitrogen and oxygen atoms in total. The van der Waals surface area contributed by atoms with Crippen molar-refractivity contribution in [2.45, 2.75) is 65.3 Å². The van der Waals surface area contributed by atoms with Crippen LogP contribution in [0.3, 0.4) is 0 Å². The van der Waals surface area contributed by atoms with Crippen LogP contribution >= 0.6 is 0 Å². The van der Waals surface area contributed by atoms with Gasteiger partial charge in [0.1, 0.15) is 11.7 Å². The number of hydrogen-bond donors (Lipinski definition) is 0. The largest absolute Gasteiger partial charge is 0.468 e. The van der Waals surface area contributed by atoms with Gasteiger partial charge >= 0.3 is 5.97 Å². The maximum absolute atomic E-state index is 12.3. The predicted octanol–water partition coefficient (Wildman–Crippen LogP) is 3.41. The Hall–Kier alpha value is -0.683. The van der Waals surface area contributed by atoms with Gasteiger partial charge in [0.25, 0.3) is 0 Å². The highest BCUT2D eigenvalue weighted by Gasteiger charge is 2.51. The van der Waals surface area contributed by atoms with Crippen LogP contribution in [-0.4, -0.2) is 33.3 Å². The molecule has 0 spiro atoms. The van der Waals surface area contributed by atoms with Crippen molar-refractivity contribution in [3.63, 3.8) is 0 Å². The van der Waals surface area contributed by atoms with Crippen LogP contribution in [0.25, 0.3) is 0 Å². The summed E-state index contributed by atoms with van der Waals surface area (Å²) in [4.78, 5) is 24.2. The zero-order chi connectivity index (χ0) is 16.6. The molecular formula is C16H30O4Si. The van der Waals surface area contributed by atoms with E-state index in [4.69, 9.17) is 9.16 Å². The Balaban J connectivity index is 3.03. The molecule has 1 aliphatic rings. The normalized spacial score (nSPS) is 27.3. The lowest BCUT2D eigenvalue weighted by atomic mass is 9.84. The summed E-state index contributed by atoms with van der Waals surface area (Å²) in [5, 5.41) is 0.0843. The van der Waals surface area contributed by atoms with Crippen LogP contribution in [0.4, 0.5) is 0 Å². The quantitative estimate of drug-likeness (QED) is 0.453. The molecule has 0 bridgehead atoms. The standard InChI is InChI=1S/C16H30O4Si/c1-10(2)13-12(20-21(7,8)16(3,4)5)9-11(17)14(13)15(18)19-6/h10,12-14H,9H2,1-8H3/t12-,13-,14-/m0/s1. The van der Waals surface area contributed by atoms with Crippen LogP contribution in [-0.2, 0) is 18.8 Å². The van der Waals surface area contributed by atoms with Crippen molar-refractivity contribution in [1.82, 2.24) is 0 Å². The van der Waals surface area contributed by atoms with Crippen molar-refractivity contribution in [2.24, 2.45) is 17.8 Å². The van der Waals surface area contributed by atoms with Crippen molar-refractivity contribution < 1.29 is 18.8 Å². The van der Waals surface area contributed by atoms with Crippen molar-refractivity contribution in [3.05, 3.63) is 0 Å². The van der Waals surface area contributed by atoms with Gasteiger partial charge in [-0.1, -0.05) is 34.6 Å². The van der Waals surface area contributed by atoms with Crippen LogP contribution < -0.4 is 0 Å². The summed E-state index contributed by atoms with van der Waals surface area (Å²) in [6, 6.07) is 0. The monoisotopic (exact) mass is 314 g/mol. The Labute approximate surface area is 129 Å². The fourth-order valence-corrected chi connectivity index (χ4v) is 4.15. The second kappa shape index (κ2) is 6.21. The number of esters is 1. The highest BCUT2D eigenvalue weighted by molar-refractivity contribution is 6.74. The second-order valence-corrected chi connectivity index (χ2v) is 12.7. The van der Waals surface area contributed by atoms with Gasteiger partial charge < -0.3 is 9.16 Å². The average Bonchev–Trinajstić information content (AvgIpc) is 2.62. The summed E-state index contributed by atoms with van der Waals surface area (Å²) in [6.07, 6.45) is 0.164. The predicted molar refractivity (Wildman–Crippen MR) is 85.5 cm³/mol. The molecule has 1 aliphatic carbocycles. The van der Waals surface area contributed by atoms with E-state index in [1.54, 1.807) is 0 Å². The van der Waals surface area contributed by atoms with E-state index in [0.29, 0.717) is 6.42 Å². The smallest absolute Gasteiger partial charge is 0.316 e. The van der Waals surface area contributed by atoms with Gasteiger partial charge in [0.2, 0.25) is 0 Å². The van der Waals surface area contributed by atoms with Gasteiger partial charge in [0.15, 0.2) is 8.32 Å². The molecule has 1 saturated carbocycles. The Bertz CT molecular complexity index is 409. The molecule has 0 amide bonds. The van der Waals surface area contributed by atoms with Crippen LogP contribution in [0.2, 0.25) is 18.1 Å². The lowest BCUT2D eigenvalue weighted by molar-refractivity contribution is -0.150. The minimum atomic E-state index is -1.97. The van der Waals surface area contributed by atoms with Gasteiger partial charge in [0, 0.05) is 12.3 Å². The highest BCUT2D eigenvalue weighted by atomic mass is 28.4. The van der Waals surface area contributed by atoms with Crippen LogP contribution in [0.1, 0.15) is 41.0 Å². The first-order valence-electron chi connectivity index (χ1n) is 7.70. The van der Waals surface area contributed by atoms with Crippen molar-refractivity contribution in [1.29, 1.82) is 0 Å². The van der Waals surface area contributed by atoms with E-state index >= 15 is 0 Å². The molecule has 122 valence electrons. The molecule has 0 saturated heterocycles. The van der Waals surface area contributed by atoms with Crippen LogP contribution in [0.5, 0.6) is 0 Å². The third kappa shape index (κ3) is 3.75. The van der Waals surface area contributed by atoms with Crippen molar-refractivity contribution in [3.8, 4) is 0 Å². The number of rotatable bonds is 4. The van der Waals surface area contributed by atoms with E-state index in [1.807, 2.05) is 13.8 Å². The average molecular weight is 314 g/mol. The molecule has 5 heteroatoms. The molecule has 21 heavy (non-hydrogen) atoms. The third-order valence-corrected chi connectivity index (χ3v) is 9.54. The fraction of sp³-hybridized carbons (Fsp3) is 0.875. The lowest BCUT2D eigenvalue weighted by Gasteiger charge is -2.40. The van der Waals surface area contributed by atoms with Crippen molar-refractivity contribution >= 4 is 20.1 Å². The van der Waals surface area contributed by atoms with Gasteiger partial charge in [-0.05, 0) is 24.1 Å². The fourth-order valence-electron chi connectivity index (χ4n) is 2.80. The Morgan fingerprint density at radius 3 is 2.19 bits per heavy atom. The summed E-state index contributed by atoms with van der Waals surface area (Å²) in [6.45, 7) is 15.0. The minimum absolute atomic E-state index is 0.0377. The molecule has 0 heterocycles. The number of ether oxygens (including phenoxy) is 1. The molecular weight excluding hydrogens is 284 g/mol. The minimum Gasteiger partial charge on any atom is -0.468 e. The molecule has 1 rings (SSSR count). The number of methoxy groups -OCH3 is 1. The molecule has 0 aromatic rings. The van der Waals surface area contributed by atoms with Gasteiger partial charge in [0.05, 0.1) is 13.2 Å². The van der Waals surface area contributed by atoms with E-state index in [1.165, 1.54) is 7.11 Å². The zero-order valence-corrected chi connectivity index (χ0v) is 15.6. The first-order chi connectivity index (χ1) is 9.42. The summed E-state index contributed by atoms with van der Waals surface area (Å²) >= 11 is 0. The first kappa shape index (κ1) is 18.4. The molecule has 1 fully saturated rings. The van der Waals surface area contributed by atoms with E-state index in [2.05, 4.69) is 33.9 Å². The van der Waals surface area contributed by atoms with Crippen LogP contribution in [0, 0.1) is 17.8 Å². The topological polar surface area (TPSA) is 52.6 Å². The number of carbonyl (C=O) groups is 2. The molecule has 0 unspecified atom stereocenters. The molecule has 0 radical (unpaired) electrons. The zero-order valence-electron chi connectivity index (χ0n) is 14.6. The van der Waals surface area contributed by atoms with E-state index in [9.17, 15) is 9.59 Å². The molecule has 0 aromatic heterocycles. The Morgan fingerprint density at radius 2 is 1.81 bits per heavy atom. The Kier molecular flexibility index (Phi) is 5.43. The van der Waals surface area contributed by atoms with Gasteiger partial charge in [-0.15, -0.1) is 0 Å². The highest BCUT2D eigenvalue weighted by Crippen LogP contribution is 2.43. The van der Waals surface area contributed by atoms with E-state index in [-0.39, 0.29) is 28.8 Å². The molecule has 3 atom stereocenters. The number of carbonyl (C=O) groups excluding carboxylic acids is 2. The first-order valence-corrected chi connectivity index (χ1v) is 10.6. The summed E-state index contributed by atoms with van der Waals surface area (Å²) < 4.78 is 11.3. The van der Waals surface area contributed by atoms with Gasteiger partial charge in [-0.2, -0.15) is 0 Å². The van der Waals surface area contributed by atoms with E-state index < -0.39 is 20.2 Å². The molecule has 0 N–H and O–H groups in total. The van der Waals surface area contributed by atoms with Crippen LogP contribution in [0.15, 0.2) is 0 Å². The SMILES string of the molecule is COC(=O)[C@H]1C(=O)C[C@H](O[Si](C)(C)C(C)(C)C)[C@@H]1C(C)C. The van der Waals surface area contributed by atoms with Gasteiger partial charge in [-0.3, -0.25) is 9.59 Å². The van der Waals surface area contributed by atoms with Crippen molar-refractivity contribution in [2.75, 3.05) is 7.11 Å². The summed E-state index contributed by atoms with van der Waals surface area (Å²) in [5.74, 6) is -0.997. The number of ketones is 1. The molecule has 0 aliphatic heterocycles. The Morgan fingerprint density at radius 1 is 1.29 bits per heavy atom. The maximum Gasteiger partial charge on any atom is 0.316 e. The maximum atomic E-state index is 12.3. The number of hydrogen-bond acceptors (Lipinski definition) is 4. The summed E-state index contributed by atoms with van der Waals surface area (Å²) in [5.41, 5.74) is 0. The van der Waals surface area contributed by atoms with E-state index in [0.717, 1.165) is 0 Å². The second-order valence-electron chi connectivity index (χ2n) is 7.91.